The van der Waals surface area contributed by atoms with E-state index in [1.807, 2.05) is 31.4 Å². The van der Waals surface area contributed by atoms with Gasteiger partial charge in [0.25, 0.3) is 0 Å². The number of nitrogens with zero attached hydrogens (tertiary/aromatic N) is 2. The van der Waals surface area contributed by atoms with Gasteiger partial charge in [-0.1, -0.05) is 11.6 Å². The van der Waals surface area contributed by atoms with Gasteiger partial charge in [0.2, 0.25) is 0 Å². The van der Waals surface area contributed by atoms with Gasteiger partial charge in [-0.05, 0) is 49.7 Å². The number of piperidine rings is 1. The molecule has 2 heterocycles. The normalized spacial score (nSPS) is 17.6. The van der Waals surface area contributed by atoms with Gasteiger partial charge >= 0.3 is 0 Å². The number of nitrogens with one attached hydrogen (secondary N) is 1. The van der Waals surface area contributed by atoms with Crippen LogP contribution in [0.15, 0.2) is 24.4 Å². The molecule has 24 heavy (non-hydrogen) atoms. The molecule has 1 aromatic carbocycles. The number of hydrogen-bond acceptors (Lipinski definition) is 6. The number of likely N-dealkylation sites (tertiary alicyclic amines) is 1. The molecule has 2 aromatic rings. The van der Waals surface area contributed by atoms with Crippen LogP contribution in [0.2, 0.25) is 5.02 Å². The molecule has 128 valence electrons. The van der Waals surface area contributed by atoms with Gasteiger partial charge in [0.15, 0.2) is 5.13 Å². The number of aromatic nitrogens is 1. The molecular formula is C17H21ClN4OS. The molecule has 1 aromatic heterocycles. The van der Waals surface area contributed by atoms with Crippen LogP contribution < -0.4 is 11.1 Å². The fourth-order valence-corrected chi connectivity index (χ4v) is 4.22. The Kier molecular flexibility index (Phi) is 5.08. The molecule has 1 aliphatic rings. The Morgan fingerprint density at radius 2 is 2.21 bits per heavy atom. The van der Waals surface area contributed by atoms with Gasteiger partial charge in [-0.15, -0.1) is 11.3 Å². The number of carbonyl (C=O) groups excluding carboxylic acids is 1. The SMILES string of the molecule is CNc1ccc(Cl)cc1C1(C=O)CCN(Cc2cnc(N)s2)CC1. The Bertz CT molecular complexity index is 725. The van der Waals surface area contributed by atoms with Crippen molar-refractivity contribution in [1.29, 1.82) is 0 Å². The molecule has 0 bridgehead atoms. The number of nitrogens with two attached hydrogens (primary N) is 1. The standard InChI is InChI=1S/C17H21ClN4OS/c1-20-15-3-2-12(18)8-14(15)17(11-23)4-6-22(7-5-17)10-13-9-21-16(19)24-13/h2-3,8-9,11,20H,4-7,10H2,1H3,(H2,19,21). The molecule has 7 heteroatoms. The second-order valence-corrected chi connectivity index (χ2v) is 7.74. The van der Waals surface area contributed by atoms with E-state index in [9.17, 15) is 4.79 Å². The van der Waals surface area contributed by atoms with Gasteiger partial charge in [-0.25, -0.2) is 4.98 Å². The van der Waals surface area contributed by atoms with Crippen molar-refractivity contribution in [3.63, 3.8) is 0 Å². The molecule has 0 saturated carbocycles. The summed E-state index contributed by atoms with van der Waals surface area (Å²) in [6.07, 6.45) is 4.48. The van der Waals surface area contributed by atoms with Gasteiger partial charge in [-0.2, -0.15) is 0 Å². The lowest BCUT2D eigenvalue weighted by Crippen LogP contribution is -2.43. The van der Waals surface area contributed by atoms with Crippen molar-refractivity contribution < 1.29 is 4.79 Å². The molecule has 1 fully saturated rings. The van der Waals surface area contributed by atoms with E-state index >= 15 is 0 Å². The minimum Gasteiger partial charge on any atom is -0.388 e. The zero-order chi connectivity index (χ0) is 17.2. The number of anilines is 2. The molecule has 0 atom stereocenters. The fourth-order valence-electron chi connectivity index (χ4n) is 3.32. The van der Waals surface area contributed by atoms with Crippen LogP contribution in [0, 0.1) is 0 Å². The number of hydrogen-bond donors (Lipinski definition) is 2. The van der Waals surface area contributed by atoms with Crippen molar-refractivity contribution in [3.8, 4) is 0 Å². The van der Waals surface area contributed by atoms with E-state index in [2.05, 4.69) is 15.2 Å². The van der Waals surface area contributed by atoms with Crippen molar-refractivity contribution in [2.24, 2.45) is 0 Å². The van der Waals surface area contributed by atoms with Crippen molar-refractivity contribution in [2.45, 2.75) is 24.8 Å². The molecular weight excluding hydrogens is 344 g/mol. The number of rotatable bonds is 5. The van der Waals surface area contributed by atoms with E-state index in [0.717, 1.165) is 54.9 Å². The zero-order valence-corrected chi connectivity index (χ0v) is 15.2. The monoisotopic (exact) mass is 364 g/mol. The van der Waals surface area contributed by atoms with Crippen molar-refractivity contribution in [1.82, 2.24) is 9.88 Å². The Morgan fingerprint density at radius 1 is 1.46 bits per heavy atom. The predicted octanol–water partition coefficient (Wildman–Crippen LogP) is 3.15. The van der Waals surface area contributed by atoms with Crippen molar-refractivity contribution in [3.05, 3.63) is 39.9 Å². The summed E-state index contributed by atoms with van der Waals surface area (Å²) < 4.78 is 0. The largest absolute Gasteiger partial charge is 0.388 e. The van der Waals surface area contributed by atoms with Gasteiger partial charge in [-0.3, -0.25) is 4.90 Å². The first-order chi connectivity index (χ1) is 11.6. The van der Waals surface area contributed by atoms with E-state index in [1.54, 1.807) is 0 Å². The summed E-state index contributed by atoms with van der Waals surface area (Å²) in [5.74, 6) is 0. The molecule has 5 nitrogen and oxygen atoms in total. The molecule has 0 aliphatic carbocycles. The lowest BCUT2D eigenvalue weighted by molar-refractivity contribution is -0.114. The lowest BCUT2D eigenvalue weighted by atomic mass is 9.73. The number of carbonyl (C=O) groups is 1. The smallest absolute Gasteiger partial charge is 0.180 e. The summed E-state index contributed by atoms with van der Waals surface area (Å²) in [7, 11) is 1.87. The first-order valence-electron chi connectivity index (χ1n) is 7.93. The zero-order valence-electron chi connectivity index (χ0n) is 13.6. The molecule has 0 radical (unpaired) electrons. The van der Waals surface area contributed by atoms with E-state index in [-0.39, 0.29) is 0 Å². The van der Waals surface area contributed by atoms with E-state index in [0.29, 0.717) is 10.2 Å². The van der Waals surface area contributed by atoms with E-state index < -0.39 is 5.41 Å². The van der Waals surface area contributed by atoms with E-state index in [4.69, 9.17) is 17.3 Å². The number of thiazole rings is 1. The minimum atomic E-state index is -0.480. The van der Waals surface area contributed by atoms with Crippen LogP contribution >= 0.6 is 22.9 Å². The fraction of sp³-hybridized carbons (Fsp3) is 0.412. The summed E-state index contributed by atoms with van der Waals surface area (Å²) in [4.78, 5) is 19.6. The molecule has 0 amide bonds. The van der Waals surface area contributed by atoms with Crippen LogP contribution in [-0.2, 0) is 16.8 Å². The third kappa shape index (κ3) is 3.41. The maximum absolute atomic E-state index is 12.0. The number of halogens is 1. The highest BCUT2D eigenvalue weighted by atomic mass is 35.5. The Hall–Kier alpha value is -1.63. The Labute approximate surface area is 150 Å². The summed E-state index contributed by atoms with van der Waals surface area (Å²) in [5.41, 5.74) is 7.18. The maximum atomic E-state index is 12.0. The Morgan fingerprint density at radius 3 is 2.79 bits per heavy atom. The lowest BCUT2D eigenvalue weighted by Gasteiger charge is -2.39. The van der Waals surface area contributed by atoms with Gasteiger partial charge in [0.1, 0.15) is 6.29 Å². The van der Waals surface area contributed by atoms with Crippen LogP contribution in [0.25, 0.3) is 0 Å². The van der Waals surface area contributed by atoms with E-state index in [1.165, 1.54) is 11.3 Å². The third-order valence-corrected chi connectivity index (χ3v) is 5.76. The number of nitrogen functional groups attached to an aromatic ring is 1. The predicted molar refractivity (Wildman–Crippen MR) is 99.8 cm³/mol. The molecule has 1 saturated heterocycles. The molecule has 3 N–H and O–H groups in total. The summed E-state index contributed by atoms with van der Waals surface area (Å²) >= 11 is 7.70. The molecule has 0 unspecified atom stereocenters. The number of benzene rings is 1. The third-order valence-electron chi connectivity index (χ3n) is 4.71. The van der Waals surface area contributed by atoms with Gasteiger partial charge in [0.05, 0.1) is 5.41 Å². The summed E-state index contributed by atoms with van der Waals surface area (Å²) in [5, 5.41) is 4.44. The minimum absolute atomic E-state index is 0.480. The maximum Gasteiger partial charge on any atom is 0.180 e. The average molecular weight is 365 g/mol. The van der Waals surface area contributed by atoms with Crippen LogP contribution in [0.4, 0.5) is 10.8 Å². The molecule has 3 rings (SSSR count). The second kappa shape index (κ2) is 7.09. The van der Waals surface area contributed by atoms with Crippen LogP contribution in [-0.4, -0.2) is 36.3 Å². The highest BCUT2D eigenvalue weighted by Gasteiger charge is 2.38. The Balaban J connectivity index is 1.77. The first-order valence-corrected chi connectivity index (χ1v) is 9.12. The van der Waals surface area contributed by atoms with Crippen molar-refractivity contribution in [2.75, 3.05) is 31.2 Å². The topological polar surface area (TPSA) is 71.2 Å². The summed E-state index contributed by atoms with van der Waals surface area (Å²) in [6, 6.07) is 5.70. The van der Waals surface area contributed by atoms with Crippen LogP contribution in [0.5, 0.6) is 0 Å². The van der Waals surface area contributed by atoms with Crippen LogP contribution in [0.3, 0.4) is 0 Å². The quantitative estimate of drug-likeness (QED) is 0.797. The second-order valence-electron chi connectivity index (χ2n) is 6.15. The highest BCUT2D eigenvalue weighted by molar-refractivity contribution is 7.15. The van der Waals surface area contributed by atoms with Gasteiger partial charge < -0.3 is 15.8 Å². The molecule has 1 aliphatic heterocycles. The average Bonchev–Trinajstić information content (AvgIpc) is 3.01. The molecule has 0 spiro atoms. The van der Waals surface area contributed by atoms with Crippen molar-refractivity contribution >= 4 is 40.0 Å². The number of aldehydes is 1. The summed E-state index contributed by atoms with van der Waals surface area (Å²) in [6.45, 7) is 2.54. The highest BCUT2D eigenvalue weighted by Crippen LogP contribution is 2.39. The van der Waals surface area contributed by atoms with Crippen LogP contribution in [0.1, 0.15) is 23.3 Å². The first kappa shape index (κ1) is 17.2. The van der Waals surface area contributed by atoms with Gasteiger partial charge in [0, 0.05) is 35.4 Å².